The topological polar surface area (TPSA) is 268 Å². The molecule has 0 bridgehead atoms. The molecule has 26 nitrogen and oxygen atoms in total. The standard InChI is InChI=1S/C17H22FN3O2.C17H25FN2O5S.C16H23FN2O3.C13H20BrFOSi.C12H14FN3.C11H15FN2O.C7H6BrFO.C7H4BrFO/c1-17(2,3)23-16(22)21-9-7-20(8-10-21)15-11-13(12-19-4)5-6-14(15)18;1-17(2,3)25-16(21)20-9-7-19(8-10-20)15-11-13(5-6-14(15)18)12-24-26(4,22)23;1-16(2,3)22-15(21)19-8-6-18(7-9-19)14-10-12(11-20)4-5-13(14)17;1-13(2,3)17(4,5)16-9-10-6-7-12(15)11(14)8-10;1-14-9-10-2-3-11(13)12(8-10)16-6-4-15-5-7-16;12-10-2-1-9(8-15)7-11(10)14-5-3-13-4-6-14;2*8-6-3-5(4-10)1-2-7(6)9/h5-6,11H,7-10,12H2,1-3H3;5-6,11H,7-10,12H2,1-4H3;4-5,10,20H,6-9,11H2,1-3H3;6-8H,9H2,1-5H3;2-3,8,15H,4-7,9H2;1-2,7,13,15H,3-6,8H2;1-3,10H,4H2;1-4H. The van der Waals surface area contributed by atoms with E-state index in [4.69, 9.17) is 51.3 Å². The summed E-state index contributed by atoms with van der Waals surface area (Å²) < 4.78 is 158. The van der Waals surface area contributed by atoms with Crippen LogP contribution in [0.3, 0.4) is 0 Å². The normalized spacial score (nSPS) is 14.6. The highest BCUT2D eigenvalue weighted by Gasteiger charge is 2.38. The number of amides is 3. The summed E-state index contributed by atoms with van der Waals surface area (Å²) in [5.74, 6) is -2.33. The van der Waals surface area contributed by atoms with Crippen LogP contribution in [0.15, 0.2) is 159 Å². The second-order valence-electron chi connectivity index (χ2n) is 37.2. The number of piperazine rings is 5. The van der Waals surface area contributed by atoms with Crippen LogP contribution >= 0.6 is 47.8 Å². The Morgan fingerprint density at radius 2 is 0.640 bits per heavy atom. The molecule has 760 valence electrons. The molecule has 5 heterocycles. The molecule has 39 heteroatoms. The van der Waals surface area contributed by atoms with Crippen molar-refractivity contribution in [2.75, 3.05) is 162 Å². The maximum absolute atomic E-state index is 14.2. The van der Waals surface area contributed by atoms with Gasteiger partial charge in [0.15, 0.2) is 8.32 Å². The van der Waals surface area contributed by atoms with Gasteiger partial charge in [-0.05, 0) is 271 Å². The van der Waals surface area contributed by atoms with E-state index in [9.17, 15) is 62.7 Å². The number of carbonyl (C=O) groups excluding carboxylic acids is 4. The first-order chi connectivity index (χ1) is 65.3. The number of nitrogens with one attached hydrogen (secondary N) is 2. The number of carbonyl (C=O) groups is 4. The van der Waals surface area contributed by atoms with Crippen molar-refractivity contribution in [1.29, 1.82) is 0 Å². The molecule has 5 fully saturated rings. The van der Waals surface area contributed by atoms with E-state index in [2.05, 4.69) is 102 Å². The zero-order valence-corrected chi connectivity index (χ0v) is 88.0. The van der Waals surface area contributed by atoms with Crippen LogP contribution in [-0.2, 0) is 79.1 Å². The van der Waals surface area contributed by atoms with Crippen LogP contribution in [0.5, 0.6) is 0 Å². The van der Waals surface area contributed by atoms with E-state index in [1.807, 2.05) is 66.0 Å². The van der Waals surface area contributed by atoms with Gasteiger partial charge >= 0.3 is 18.3 Å². The number of nitrogens with zero attached hydrogens (tertiary/aromatic N) is 10. The maximum Gasteiger partial charge on any atom is 0.410 e. The predicted molar refractivity (Wildman–Crippen MR) is 540 cm³/mol. The number of halogens is 11. The minimum absolute atomic E-state index is 0.0423. The van der Waals surface area contributed by atoms with Crippen molar-refractivity contribution in [3.8, 4) is 0 Å². The third kappa shape index (κ3) is 41.2. The molecule has 5 aliphatic rings. The lowest BCUT2D eigenvalue weighted by atomic mass is 10.1. The van der Waals surface area contributed by atoms with Gasteiger partial charge in [0.2, 0.25) is 13.1 Å². The van der Waals surface area contributed by atoms with Crippen molar-refractivity contribution in [3.63, 3.8) is 0 Å². The molecule has 0 radical (unpaired) electrons. The van der Waals surface area contributed by atoms with Crippen molar-refractivity contribution in [2.24, 2.45) is 0 Å². The smallest absolute Gasteiger partial charge is 0.410 e. The molecule has 0 aromatic heterocycles. The summed E-state index contributed by atoms with van der Waals surface area (Å²) >= 11 is 9.14. The van der Waals surface area contributed by atoms with E-state index >= 15 is 0 Å². The number of anilines is 5. The molecule has 13 rings (SSSR count). The zero-order chi connectivity index (χ0) is 103. The minimum atomic E-state index is -3.57. The van der Waals surface area contributed by atoms with Gasteiger partial charge in [-0.25, -0.2) is 62.7 Å². The van der Waals surface area contributed by atoms with Crippen LogP contribution in [0.1, 0.15) is 132 Å². The fourth-order valence-electron chi connectivity index (χ4n) is 13.4. The van der Waals surface area contributed by atoms with Crippen molar-refractivity contribution in [1.82, 2.24) is 25.3 Å². The molecule has 8 aromatic carbocycles. The van der Waals surface area contributed by atoms with Crippen LogP contribution in [-0.4, -0.2) is 225 Å². The number of rotatable bonds is 17. The lowest BCUT2D eigenvalue weighted by Crippen LogP contribution is -2.50. The van der Waals surface area contributed by atoms with Crippen LogP contribution < -0.4 is 35.1 Å². The molecular formula is C100H129Br3F8N12O14SSi. The molecule has 5 N–H and O–H groups in total. The Kier molecular flexibility index (Phi) is 47.4. The van der Waals surface area contributed by atoms with Crippen LogP contribution in [0.4, 0.5) is 77.9 Å². The van der Waals surface area contributed by atoms with Crippen LogP contribution in [0, 0.1) is 59.7 Å². The number of benzene rings is 8. The summed E-state index contributed by atoms with van der Waals surface area (Å²) in [4.78, 5) is 67.4. The number of aliphatic hydroxyl groups is 3. The molecule has 0 unspecified atom stereocenters. The summed E-state index contributed by atoms with van der Waals surface area (Å²) in [5, 5.41) is 33.4. The largest absolute Gasteiger partial charge is 0.444 e. The minimum Gasteiger partial charge on any atom is -0.444 e. The molecule has 0 spiro atoms. The lowest BCUT2D eigenvalue weighted by molar-refractivity contribution is 0.0230. The first-order valence-corrected chi connectivity index (χ1v) is 52.2. The van der Waals surface area contributed by atoms with E-state index in [1.54, 1.807) is 114 Å². The van der Waals surface area contributed by atoms with Crippen molar-refractivity contribution < 1.29 is 101 Å². The molecule has 8 aromatic rings. The highest BCUT2D eigenvalue weighted by Crippen LogP contribution is 2.38. The number of aliphatic hydroxyl groups excluding tert-OH is 3. The van der Waals surface area contributed by atoms with Gasteiger partial charge < -0.3 is 93.5 Å². The van der Waals surface area contributed by atoms with Gasteiger partial charge in [-0.1, -0.05) is 51.1 Å². The number of ether oxygens (including phenoxy) is 3. The van der Waals surface area contributed by atoms with E-state index in [1.165, 1.54) is 66.7 Å². The van der Waals surface area contributed by atoms with Gasteiger partial charge in [-0.3, -0.25) is 8.98 Å². The first kappa shape index (κ1) is 118. The van der Waals surface area contributed by atoms with Crippen molar-refractivity contribution >= 4 is 119 Å². The Bertz CT molecular complexity index is 5520. The lowest BCUT2D eigenvalue weighted by Gasteiger charge is -2.37. The Morgan fingerprint density at radius 3 is 0.914 bits per heavy atom. The zero-order valence-electron chi connectivity index (χ0n) is 81.4. The molecule has 0 aliphatic carbocycles. The third-order valence-corrected chi connectivity index (χ3v) is 28.6. The second-order valence-corrected chi connectivity index (χ2v) is 46.2. The Labute approximate surface area is 838 Å². The van der Waals surface area contributed by atoms with Crippen molar-refractivity contribution in [3.05, 3.63) is 273 Å². The summed E-state index contributed by atoms with van der Waals surface area (Å²) in [6, 6.07) is 36.9. The predicted octanol–water partition coefficient (Wildman–Crippen LogP) is 20.0. The number of hydrogen-bond donors (Lipinski definition) is 5. The average molecular weight is 2180 g/mol. The monoisotopic (exact) mass is 2170 g/mol. The fourth-order valence-corrected chi connectivity index (χ4v) is 15.9. The SMILES string of the molecule is CC(C)(C)OC(=O)N1CCN(c2cc(CO)ccc2F)CC1.CC(C)(C)OC(=O)N1CCN(c2cc(COS(C)(=O)=O)ccc2F)CC1.CC(C)(C)[Si](C)(C)OCc1ccc(F)c(Br)c1.O=Cc1ccc(F)c(Br)c1.OCc1ccc(F)c(Br)c1.OCc1ccc(F)c(N2CCNCC2)c1.[C-]#[N+]Cc1ccc(F)c(N2CCN(C(=O)OC(C)(C)C)CC2)c1.[C-]#[N+]Cc1ccc(F)c(N2CCNCC2)c1. The number of aldehydes is 1. The third-order valence-electron chi connectivity index (χ3n) is 21.7. The van der Waals surface area contributed by atoms with Gasteiger partial charge in [0.05, 0.1) is 81.1 Å². The highest BCUT2D eigenvalue weighted by atomic mass is 79.9. The summed E-state index contributed by atoms with van der Waals surface area (Å²) in [7, 11) is -5.30. The summed E-state index contributed by atoms with van der Waals surface area (Å²) in [5.41, 5.74) is 6.79. The van der Waals surface area contributed by atoms with Crippen molar-refractivity contribution in [2.45, 2.75) is 164 Å². The van der Waals surface area contributed by atoms with Gasteiger partial charge in [0.25, 0.3) is 10.1 Å². The molecule has 0 saturated carbocycles. The van der Waals surface area contributed by atoms with E-state index in [-0.39, 0.29) is 97.0 Å². The van der Waals surface area contributed by atoms with Crippen LogP contribution in [0.2, 0.25) is 18.1 Å². The van der Waals surface area contributed by atoms with Gasteiger partial charge in [-0.15, -0.1) is 0 Å². The maximum atomic E-state index is 14.2. The van der Waals surface area contributed by atoms with Gasteiger partial charge in [0, 0.05) is 148 Å². The Hall–Kier alpha value is -10.0. The fraction of sp³-hybridized carbons (Fsp3) is 0.460. The number of hydrogen-bond acceptors (Lipinski definition) is 21. The Morgan fingerprint density at radius 1 is 0.388 bits per heavy atom. The van der Waals surface area contributed by atoms with E-state index in [0.29, 0.717) is 162 Å². The Balaban J connectivity index is 0.000000248. The highest BCUT2D eigenvalue weighted by molar-refractivity contribution is 9.11. The second kappa shape index (κ2) is 56.0. The molecule has 3 amide bonds. The molecular weight excluding hydrogens is 2050 g/mol. The summed E-state index contributed by atoms with van der Waals surface area (Å²) in [6.07, 6.45) is 0.585. The van der Waals surface area contributed by atoms with E-state index < -0.39 is 41.1 Å². The molecule has 0 atom stereocenters. The summed E-state index contributed by atoms with van der Waals surface area (Å²) in [6.45, 7) is 54.5. The van der Waals surface area contributed by atoms with E-state index in [0.717, 1.165) is 80.9 Å². The first-order valence-electron chi connectivity index (χ1n) is 45.1. The molecule has 5 aliphatic heterocycles. The van der Waals surface area contributed by atoms with Crippen LogP contribution in [0.25, 0.3) is 9.69 Å². The molecule has 5 saturated heterocycles. The van der Waals surface area contributed by atoms with Gasteiger partial charge in [0.1, 0.15) is 69.6 Å². The van der Waals surface area contributed by atoms with Gasteiger partial charge in [-0.2, -0.15) is 8.42 Å². The quantitative estimate of drug-likeness (QED) is 0.0142. The average Bonchev–Trinajstić information content (AvgIpc) is 0.816. The molecule has 139 heavy (non-hydrogen) atoms.